The van der Waals surface area contributed by atoms with Crippen LogP contribution in [0.3, 0.4) is 0 Å². The number of para-hydroxylation sites is 1. The van der Waals surface area contributed by atoms with E-state index in [1.54, 1.807) is 30.9 Å². The van der Waals surface area contributed by atoms with Crippen LogP contribution in [0.4, 0.5) is 18.9 Å². The molecule has 0 fully saturated rings. The molecular weight excluding hydrogens is 281 g/mol. The fourth-order valence-corrected chi connectivity index (χ4v) is 2.64. The Labute approximate surface area is 118 Å². The normalized spacial score (nSPS) is 12.2. The van der Waals surface area contributed by atoms with Crippen molar-refractivity contribution >= 4 is 16.6 Å². The van der Waals surface area contributed by atoms with Crippen molar-refractivity contribution in [2.75, 3.05) is 5.73 Å². The zero-order chi connectivity index (χ0) is 15.4. The van der Waals surface area contributed by atoms with Gasteiger partial charge in [0, 0.05) is 19.5 Å². The summed E-state index contributed by atoms with van der Waals surface area (Å²) >= 11 is 0. The Morgan fingerprint density at radius 2 is 1.90 bits per heavy atom. The van der Waals surface area contributed by atoms with Crippen LogP contribution in [0.1, 0.15) is 5.56 Å². The maximum Gasteiger partial charge on any atom is 0.418 e. The van der Waals surface area contributed by atoms with E-state index in [2.05, 4.69) is 5.10 Å². The first-order chi connectivity index (χ1) is 9.80. The van der Waals surface area contributed by atoms with Crippen molar-refractivity contribution in [3.05, 3.63) is 36.0 Å². The average molecular weight is 294 g/mol. The van der Waals surface area contributed by atoms with Crippen LogP contribution in [0.15, 0.2) is 30.5 Å². The van der Waals surface area contributed by atoms with Crippen molar-refractivity contribution < 1.29 is 13.2 Å². The average Bonchev–Trinajstić information content (AvgIpc) is 2.89. The number of rotatable bonds is 1. The van der Waals surface area contributed by atoms with E-state index in [9.17, 15) is 13.2 Å². The van der Waals surface area contributed by atoms with E-state index < -0.39 is 11.7 Å². The predicted molar refractivity (Wildman–Crippen MR) is 74.5 cm³/mol. The molecule has 21 heavy (non-hydrogen) atoms. The van der Waals surface area contributed by atoms with Gasteiger partial charge in [0.15, 0.2) is 0 Å². The fourth-order valence-electron chi connectivity index (χ4n) is 2.64. The van der Waals surface area contributed by atoms with E-state index in [0.29, 0.717) is 22.5 Å². The van der Waals surface area contributed by atoms with Crippen LogP contribution in [0, 0.1) is 0 Å². The molecule has 2 aromatic heterocycles. The molecule has 110 valence electrons. The van der Waals surface area contributed by atoms with Gasteiger partial charge in [-0.2, -0.15) is 18.3 Å². The van der Waals surface area contributed by atoms with Gasteiger partial charge in [-0.15, -0.1) is 0 Å². The van der Waals surface area contributed by atoms with Crippen molar-refractivity contribution in [2.24, 2.45) is 14.1 Å². The quantitative estimate of drug-likeness (QED) is 0.749. The highest BCUT2D eigenvalue weighted by Crippen LogP contribution is 2.38. The van der Waals surface area contributed by atoms with Crippen LogP contribution in [0.5, 0.6) is 0 Å². The van der Waals surface area contributed by atoms with E-state index in [1.165, 1.54) is 16.8 Å². The molecule has 0 saturated carbocycles. The molecule has 0 saturated heterocycles. The van der Waals surface area contributed by atoms with E-state index >= 15 is 0 Å². The molecule has 3 aromatic rings. The van der Waals surface area contributed by atoms with Gasteiger partial charge in [0.2, 0.25) is 0 Å². The third kappa shape index (κ3) is 1.96. The lowest BCUT2D eigenvalue weighted by Crippen LogP contribution is -2.08. The lowest BCUT2D eigenvalue weighted by Gasteiger charge is -2.11. The summed E-state index contributed by atoms with van der Waals surface area (Å²) in [6.07, 6.45) is -2.92. The van der Waals surface area contributed by atoms with Crippen molar-refractivity contribution in [1.82, 2.24) is 14.3 Å². The molecule has 1 aromatic carbocycles. The van der Waals surface area contributed by atoms with E-state index in [-0.39, 0.29) is 5.52 Å². The molecule has 2 N–H and O–H groups in total. The second kappa shape index (κ2) is 4.28. The standard InChI is InChI=1S/C14H13F3N4/c1-20-11(13-10(18)7-19-21(13)2)6-8-4-3-5-9(12(8)20)14(15,16)17/h3-7H,18H2,1-2H3. The molecule has 0 aliphatic heterocycles. The molecule has 2 heterocycles. The molecule has 0 bridgehead atoms. The second-order valence-electron chi connectivity index (χ2n) is 4.90. The van der Waals surface area contributed by atoms with Gasteiger partial charge in [0.05, 0.1) is 28.7 Å². The lowest BCUT2D eigenvalue weighted by molar-refractivity contribution is -0.136. The highest BCUT2D eigenvalue weighted by Gasteiger charge is 2.34. The molecule has 4 nitrogen and oxygen atoms in total. The smallest absolute Gasteiger partial charge is 0.396 e. The Bertz CT molecular complexity index is 807. The number of anilines is 1. The molecule has 0 spiro atoms. The number of hydrogen-bond donors (Lipinski definition) is 1. The molecule has 0 aliphatic rings. The van der Waals surface area contributed by atoms with E-state index in [0.717, 1.165) is 6.07 Å². The monoisotopic (exact) mass is 294 g/mol. The molecule has 3 rings (SSSR count). The Morgan fingerprint density at radius 1 is 1.19 bits per heavy atom. The van der Waals surface area contributed by atoms with Crippen molar-refractivity contribution in [2.45, 2.75) is 6.18 Å². The maximum atomic E-state index is 13.2. The van der Waals surface area contributed by atoms with Gasteiger partial charge < -0.3 is 10.3 Å². The van der Waals surface area contributed by atoms with E-state index in [4.69, 9.17) is 5.73 Å². The zero-order valence-corrected chi connectivity index (χ0v) is 11.4. The number of nitrogens with two attached hydrogens (primary N) is 1. The summed E-state index contributed by atoms with van der Waals surface area (Å²) in [5.74, 6) is 0. The number of halogens is 3. The Hall–Kier alpha value is -2.44. The summed E-state index contributed by atoms with van der Waals surface area (Å²) in [6.45, 7) is 0. The van der Waals surface area contributed by atoms with Crippen LogP contribution in [-0.4, -0.2) is 14.3 Å². The van der Waals surface area contributed by atoms with Crippen LogP contribution >= 0.6 is 0 Å². The van der Waals surface area contributed by atoms with Crippen molar-refractivity contribution in [1.29, 1.82) is 0 Å². The summed E-state index contributed by atoms with van der Waals surface area (Å²) < 4.78 is 42.5. The molecule has 0 amide bonds. The lowest BCUT2D eigenvalue weighted by atomic mass is 10.1. The van der Waals surface area contributed by atoms with Crippen molar-refractivity contribution in [3.8, 4) is 11.4 Å². The Balaban J connectivity index is 2.36. The first-order valence-electron chi connectivity index (χ1n) is 6.24. The highest BCUT2D eigenvalue weighted by molar-refractivity contribution is 5.90. The number of nitrogens with zero attached hydrogens (tertiary/aromatic N) is 3. The largest absolute Gasteiger partial charge is 0.418 e. The Kier molecular flexibility index (Phi) is 2.76. The van der Waals surface area contributed by atoms with Gasteiger partial charge in [-0.3, -0.25) is 4.68 Å². The summed E-state index contributed by atoms with van der Waals surface area (Å²) in [4.78, 5) is 0. The SMILES string of the molecule is Cn1ncc(N)c1-c1cc2cccc(C(F)(F)F)c2n1C. The molecular formula is C14H13F3N4. The highest BCUT2D eigenvalue weighted by atomic mass is 19.4. The predicted octanol–water partition coefficient (Wildman–Crippen LogP) is 3.18. The number of fused-ring (bicyclic) bond motifs is 1. The number of hydrogen-bond acceptors (Lipinski definition) is 2. The summed E-state index contributed by atoms with van der Waals surface area (Å²) in [6, 6.07) is 5.83. The van der Waals surface area contributed by atoms with Crippen LogP contribution in [-0.2, 0) is 20.3 Å². The maximum absolute atomic E-state index is 13.2. The summed E-state index contributed by atoms with van der Waals surface area (Å²) in [5, 5.41) is 4.55. The van der Waals surface area contributed by atoms with Gasteiger partial charge in [-0.1, -0.05) is 12.1 Å². The van der Waals surface area contributed by atoms with Gasteiger partial charge in [0.1, 0.15) is 5.69 Å². The van der Waals surface area contributed by atoms with Crippen molar-refractivity contribution in [3.63, 3.8) is 0 Å². The van der Waals surface area contributed by atoms with Crippen LogP contribution < -0.4 is 5.73 Å². The summed E-state index contributed by atoms with van der Waals surface area (Å²) in [7, 11) is 3.30. The van der Waals surface area contributed by atoms with Gasteiger partial charge in [-0.25, -0.2) is 0 Å². The topological polar surface area (TPSA) is 48.8 Å². The van der Waals surface area contributed by atoms with Gasteiger partial charge in [-0.05, 0) is 12.1 Å². The fraction of sp³-hybridized carbons (Fsp3) is 0.214. The summed E-state index contributed by atoms with van der Waals surface area (Å²) in [5.41, 5.74) is 6.97. The molecule has 0 atom stereocenters. The minimum atomic E-state index is -4.40. The molecule has 0 unspecified atom stereocenters. The molecule has 7 heteroatoms. The number of benzene rings is 1. The number of alkyl halides is 3. The van der Waals surface area contributed by atoms with Gasteiger partial charge in [0.25, 0.3) is 0 Å². The number of nitrogen functional groups attached to an aromatic ring is 1. The number of aryl methyl sites for hydroxylation is 2. The minimum absolute atomic E-state index is 0.139. The Morgan fingerprint density at radius 3 is 2.48 bits per heavy atom. The second-order valence-corrected chi connectivity index (χ2v) is 4.90. The minimum Gasteiger partial charge on any atom is -0.396 e. The van der Waals surface area contributed by atoms with Crippen LogP contribution in [0.2, 0.25) is 0 Å². The molecule has 0 aliphatic carbocycles. The van der Waals surface area contributed by atoms with Gasteiger partial charge >= 0.3 is 6.18 Å². The molecule has 0 radical (unpaired) electrons. The van der Waals surface area contributed by atoms with E-state index in [1.807, 2.05) is 0 Å². The number of aromatic nitrogens is 3. The van der Waals surface area contributed by atoms with Crippen LogP contribution in [0.25, 0.3) is 22.3 Å². The first kappa shape index (κ1) is 13.5. The first-order valence-corrected chi connectivity index (χ1v) is 6.24. The third-order valence-electron chi connectivity index (χ3n) is 3.57. The third-order valence-corrected chi connectivity index (χ3v) is 3.57. The zero-order valence-electron chi connectivity index (χ0n) is 11.4.